The molecule has 0 fully saturated rings. The number of hydrogen-bond donors (Lipinski definition) is 1. The highest BCUT2D eigenvalue weighted by Gasteiger charge is 2.12. The highest BCUT2D eigenvalue weighted by molar-refractivity contribution is 5.87. The third-order valence-electron chi connectivity index (χ3n) is 0.999. The van der Waals surface area contributed by atoms with Crippen molar-refractivity contribution in [3.8, 4) is 0 Å². The Bertz CT molecular complexity index is 207. The highest BCUT2D eigenvalue weighted by Crippen LogP contribution is 2.00. The normalized spacial score (nSPS) is 16.1. The maximum atomic E-state index is 10.4. The highest BCUT2D eigenvalue weighted by atomic mass is 16.5. The van der Waals surface area contributed by atoms with Gasteiger partial charge in [0.15, 0.2) is 0 Å². The zero-order valence-electron chi connectivity index (χ0n) is 5.51. The van der Waals surface area contributed by atoms with E-state index < -0.39 is 5.97 Å². The second-order valence-electron chi connectivity index (χ2n) is 1.96. The van der Waals surface area contributed by atoms with E-state index in [2.05, 4.69) is 10.1 Å². The average Bonchev–Trinajstić information content (AvgIpc) is 2.13. The Labute approximate surface area is 57.9 Å². The summed E-state index contributed by atoms with van der Waals surface area (Å²) in [4.78, 5) is 20.8. The number of amides is 1. The average molecular weight is 141 g/mol. The fourth-order valence-electron chi connectivity index (χ4n) is 0.673. The molecule has 0 aromatic heterocycles. The second-order valence-corrected chi connectivity index (χ2v) is 1.96. The van der Waals surface area contributed by atoms with Gasteiger partial charge in [-0.1, -0.05) is 0 Å². The summed E-state index contributed by atoms with van der Waals surface area (Å²) in [5.41, 5.74) is 0.525. The molecule has 1 N–H and O–H groups in total. The van der Waals surface area contributed by atoms with E-state index in [1.807, 2.05) is 0 Å². The van der Waals surface area contributed by atoms with Gasteiger partial charge in [0.1, 0.15) is 6.61 Å². The van der Waals surface area contributed by atoms with Gasteiger partial charge in [-0.15, -0.1) is 0 Å². The van der Waals surface area contributed by atoms with Crippen LogP contribution >= 0.6 is 0 Å². The van der Waals surface area contributed by atoms with E-state index in [4.69, 9.17) is 0 Å². The number of ether oxygens (including phenoxy) is 1. The number of carbonyl (C=O) groups excluding carboxylic acids is 2. The molecule has 0 atom stereocenters. The van der Waals surface area contributed by atoms with Crippen LogP contribution in [0, 0.1) is 0 Å². The van der Waals surface area contributed by atoms with E-state index >= 15 is 0 Å². The molecule has 10 heavy (non-hydrogen) atoms. The lowest BCUT2D eigenvalue weighted by atomic mass is 10.4. The first-order chi connectivity index (χ1) is 4.68. The number of hydrogen-bond acceptors (Lipinski definition) is 3. The molecule has 1 aliphatic heterocycles. The lowest BCUT2D eigenvalue weighted by molar-refractivity contribution is -0.135. The fourth-order valence-corrected chi connectivity index (χ4v) is 0.673. The Morgan fingerprint density at radius 3 is 2.90 bits per heavy atom. The van der Waals surface area contributed by atoms with Crippen molar-refractivity contribution < 1.29 is 14.3 Å². The minimum absolute atomic E-state index is 0.179. The molecule has 1 rings (SSSR count). The van der Waals surface area contributed by atoms with Gasteiger partial charge in [0.2, 0.25) is 5.91 Å². The maximum Gasteiger partial charge on any atom is 0.333 e. The van der Waals surface area contributed by atoms with Crippen LogP contribution in [0.5, 0.6) is 0 Å². The van der Waals surface area contributed by atoms with Crippen LogP contribution in [0.3, 0.4) is 0 Å². The molecule has 0 aromatic rings. The van der Waals surface area contributed by atoms with Gasteiger partial charge in [0, 0.05) is 13.0 Å². The molecule has 0 radical (unpaired) electrons. The summed E-state index contributed by atoms with van der Waals surface area (Å²) >= 11 is 0. The number of carbonyl (C=O) groups is 2. The van der Waals surface area contributed by atoms with E-state index in [1.54, 1.807) is 0 Å². The summed E-state index contributed by atoms with van der Waals surface area (Å²) < 4.78 is 4.52. The first kappa shape index (κ1) is 6.80. The molecule has 1 amide bonds. The number of rotatable bonds is 1. The molecular weight excluding hydrogens is 134 g/mol. The van der Waals surface area contributed by atoms with Crippen LogP contribution in [0.1, 0.15) is 6.92 Å². The molecule has 0 bridgehead atoms. The molecule has 0 aromatic carbocycles. The SMILES string of the molecule is CC(=O)NC1=CC(=O)OC1. The van der Waals surface area contributed by atoms with Crippen LogP contribution in [-0.2, 0) is 14.3 Å². The van der Waals surface area contributed by atoms with Gasteiger partial charge < -0.3 is 10.1 Å². The number of cyclic esters (lactones) is 1. The summed E-state index contributed by atoms with van der Waals surface area (Å²) in [5, 5.41) is 2.45. The molecule has 1 heterocycles. The molecule has 1 aliphatic rings. The first-order valence-corrected chi connectivity index (χ1v) is 2.83. The summed E-state index contributed by atoms with van der Waals surface area (Å²) in [6.07, 6.45) is 1.27. The standard InChI is InChI=1S/C6H7NO3/c1-4(8)7-5-2-6(9)10-3-5/h2H,3H2,1H3,(H,7,8). The van der Waals surface area contributed by atoms with E-state index in [0.29, 0.717) is 5.70 Å². The minimum Gasteiger partial charge on any atom is -0.456 e. The zero-order chi connectivity index (χ0) is 7.56. The molecule has 0 aliphatic carbocycles. The smallest absolute Gasteiger partial charge is 0.333 e. The number of esters is 1. The summed E-state index contributed by atoms with van der Waals surface area (Å²) in [6.45, 7) is 1.56. The molecular formula is C6H7NO3. The Morgan fingerprint density at radius 2 is 2.50 bits per heavy atom. The van der Waals surface area contributed by atoms with Gasteiger partial charge in [-0.05, 0) is 0 Å². The van der Waals surface area contributed by atoms with E-state index in [0.717, 1.165) is 0 Å². The fraction of sp³-hybridized carbons (Fsp3) is 0.333. The third-order valence-corrected chi connectivity index (χ3v) is 0.999. The Balaban J connectivity index is 2.50. The Hall–Kier alpha value is -1.32. The quantitative estimate of drug-likeness (QED) is 0.504. The topological polar surface area (TPSA) is 55.4 Å². The predicted molar refractivity (Wildman–Crippen MR) is 32.9 cm³/mol. The van der Waals surface area contributed by atoms with Gasteiger partial charge in [-0.3, -0.25) is 4.79 Å². The largest absolute Gasteiger partial charge is 0.456 e. The molecule has 0 spiro atoms. The summed E-state index contributed by atoms with van der Waals surface area (Å²) in [5.74, 6) is -0.590. The predicted octanol–water partition coefficient (Wildman–Crippen LogP) is -0.437. The molecule has 4 heteroatoms. The molecule has 0 saturated carbocycles. The third kappa shape index (κ3) is 1.58. The summed E-state index contributed by atoms with van der Waals surface area (Å²) in [7, 11) is 0. The van der Waals surface area contributed by atoms with Gasteiger partial charge in [0.25, 0.3) is 0 Å². The van der Waals surface area contributed by atoms with Crippen molar-refractivity contribution in [2.45, 2.75) is 6.92 Å². The van der Waals surface area contributed by atoms with Crippen LogP contribution < -0.4 is 5.32 Å². The molecule has 54 valence electrons. The lowest BCUT2D eigenvalue weighted by Gasteiger charge is -1.97. The van der Waals surface area contributed by atoms with Crippen molar-refractivity contribution in [2.24, 2.45) is 0 Å². The van der Waals surface area contributed by atoms with E-state index in [9.17, 15) is 9.59 Å². The van der Waals surface area contributed by atoms with Crippen molar-refractivity contribution in [1.29, 1.82) is 0 Å². The van der Waals surface area contributed by atoms with Crippen LogP contribution in [0.15, 0.2) is 11.8 Å². The molecule has 0 unspecified atom stereocenters. The minimum atomic E-state index is -0.399. The van der Waals surface area contributed by atoms with Crippen molar-refractivity contribution in [3.05, 3.63) is 11.8 Å². The van der Waals surface area contributed by atoms with Gasteiger partial charge in [-0.25, -0.2) is 4.79 Å². The lowest BCUT2D eigenvalue weighted by Crippen LogP contribution is -2.19. The van der Waals surface area contributed by atoms with Crippen molar-refractivity contribution in [2.75, 3.05) is 6.61 Å². The van der Waals surface area contributed by atoms with Crippen LogP contribution in [0.25, 0.3) is 0 Å². The summed E-state index contributed by atoms with van der Waals surface area (Å²) in [6, 6.07) is 0. The van der Waals surface area contributed by atoms with Crippen LogP contribution in [0.4, 0.5) is 0 Å². The van der Waals surface area contributed by atoms with Crippen molar-refractivity contribution >= 4 is 11.9 Å². The van der Waals surface area contributed by atoms with Crippen LogP contribution in [-0.4, -0.2) is 18.5 Å². The maximum absolute atomic E-state index is 10.4. The van der Waals surface area contributed by atoms with Gasteiger partial charge >= 0.3 is 5.97 Å². The Kier molecular flexibility index (Phi) is 1.71. The van der Waals surface area contributed by atoms with Gasteiger partial charge in [0.05, 0.1) is 5.70 Å². The number of nitrogens with one attached hydrogen (secondary N) is 1. The van der Waals surface area contributed by atoms with E-state index in [-0.39, 0.29) is 12.5 Å². The van der Waals surface area contributed by atoms with Crippen molar-refractivity contribution in [3.63, 3.8) is 0 Å². The first-order valence-electron chi connectivity index (χ1n) is 2.83. The van der Waals surface area contributed by atoms with Gasteiger partial charge in [-0.2, -0.15) is 0 Å². The Morgan fingerprint density at radius 1 is 1.80 bits per heavy atom. The van der Waals surface area contributed by atoms with Crippen LogP contribution in [0.2, 0.25) is 0 Å². The van der Waals surface area contributed by atoms with E-state index in [1.165, 1.54) is 13.0 Å². The molecule has 0 saturated heterocycles. The molecule has 4 nitrogen and oxygen atoms in total. The second kappa shape index (κ2) is 2.51. The zero-order valence-corrected chi connectivity index (χ0v) is 5.51. The van der Waals surface area contributed by atoms with Crippen molar-refractivity contribution in [1.82, 2.24) is 5.32 Å². The monoisotopic (exact) mass is 141 g/mol.